The Balaban J connectivity index is 2.02. The lowest BCUT2D eigenvalue weighted by molar-refractivity contribution is 0.100. The number of carbonyl (C=O) groups is 1. The van der Waals surface area contributed by atoms with Crippen LogP contribution in [0.25, 0.3) is 6.08 Å². The van der Waals surface area contributed by atoms with E-state index in [4.69, 9.17) is 14.2 Å². The van der Waals surface area contributed by atoms with Crippen LogP contribution in [-0.4, -0.2) is 45.6 Å². The zero-order valence-electron chi connectivity index (χ0n) is 15.5. The summed E-state index contributed by atoms with van der Waals surface area (Å²) >= 11 is 0. The van der Waals surface area contributed by atoms with Crippen LogP contribution < -0.4 is 14.2 Å². The third-order valence-electron chi connectivity index (χ3n) is 4.65. The van der Waals surface area contributed by atoms with Gasteiger partial charge in [0.15, 0.2) is 11.5 Å². The van der Waals surface area contributed by atoms with Crippen molar-refractivity contribution in [2.45, 2.75) is 6.42 Å². The second-order valence-electron chi connectivity index (χ2n) is 6.16. The number of rotatable bonds is 5. The van der Waals surface area contributed by atoms with Crippen molar-refractivity contribution >= 4 is 11.9 Å². The molecule has 1 aliphatic heterocycles. The average molecular weight is 353 g/mol. The summed E-state index contributed by atoms with van der Waals surface area (Å²) < 4.78 is 16.0. The Labute approximate surface area is 153 Å². The standard InChI is InChI=1S/C21H23NO4/c1-22-10-9-15-12-19(25-3)20(26-4)13-16(15)11-18(22)21(23)14-5-7-17(24-2)8-6-14/h5-8,11-13H,9-10H2,1-4H3. The minimum Gasteiger partial charge on any atom is -0.497 e. The van der Waals surface area contributed by atoms with E-state index in [0.717, 1.165) is 29.8 Å². The highest BCUT2D eigenvalue weighted by Gasteiger charge is 2.21. The molecule has 0 aromatic heterocycles. The van der Waals surface area contributed by atoms with E-state index >= 15 is 0 Å². The molecule has 0 saturated carbocycles. The van der Waals surface area contributed by atoms with Crippen molar-refractivity contribution in [3.05, 3.63) is 58.8 Å². The third kappa shape index (κ3) is 3.38. The average Bonchev–Trinajstić information content (AvgIpc) is 2.85. The number of likely N-dealkylation sites (N-methyl/N-ethyl adjacent to an activating group) is 1. The zero-order chi connectivity index (χ0) is 18.7. The smallest absolute Gasteiger partial charge is 0.209 e. The van der Waals surface area contributed by atoms with Crippen LogP contribution in [-0.2, 0) is 6.42 Å². The summed E-state index contributed by atoms with van der Waals surface area (Å²) in [5.74, 6) is 2.07. The monoisotopic (exact) mass is 353 g/mol. The van der Waals surface area contributed by atoms with Gasteiger partial charge in [0.25, 0.3) is 0 Å². The molecule has 0 atom stereocenters. The minimum atomic E-state index is -0.0159. The van der Waals surface area contributed by atoms with Gasteiger partial charge in [-0.3, -0.25) is 4.79 Å². The van der Waals surface area contributed by atoms with E-state index in [2.05, 4.69) is 0 Å². The van der Waals surface area contributed by atoms with Crippen LogP contribution in [0, 0.1) is 0 Å². The Morgan fingerprint density at radius 2 is 1.62 bits per heavy atom. The third-order valence-corrected chi connectivity index (χ3v) is 4.65. The maximum absolute atomic E-state index is 13.0. The summed E-state index contributed by atoms with van der Waals surface area (Å²) in [5.41, 5.74) is 3.39. The predicted octanol–water partition coefficient (Wildman–Crippen LogP) is 3.42. The summed E-state index contributed by atoms with van der Waals surface area (Å²) in [6.07, 6.45) is 2.75. The lowest BCUT2D eigenvalue weighted by atomic mass is 10.0. The van der Waals surface area contributed by atoms with Crippen molar-refractivity contribution in [2.24, 2.45) is 0 Å². The largest absolute Gasteiger partial charge is 0.497 e. The van der Waals surface area contributed by atoms with Gasteiger partial charge in [-0.1, -0.05) is 0 Å². The summed E-state index contributed by atoms with van der Waals surface area (Å²) in [6, 6.07) is 11.1. The number of fused-ring (bicyclic) bond motifs is 1. The van der Waals surface area contributed by atoms with Gasteiger partial charge in [-0.15, -0.1) is 0 Å². The molecule has 0 aliphatic carbocycles. The number of nitrogens with zero attached hydrogens (tertiary/aromatic N) is 1. The molecule has 26 heavy (non-hydrogen) atoms. The van der Waals surface area contributed by atoms with Gasteiger partial charge in [-0.25, -0.2) is 0 Å². The van der Waals surface area contributed by atoms with Gasteiger partial charge in [0.1, 0.15) is 5.75 Å². The number of hydrogen-bond donors (Lipinski definition) is 0. The van der Waals surface area contributed by atoms with Crippen molar-refractivity contribution < 1.29 is 19.0 Å². The molecule has 2 aromatic rings. The first-order valence-electron chi connectivity index (χ1n) is 8.44. The van der Waals surface area contributed by atoms with E-state index in [1.807, 2.05) is 30.2 Å². The fourth-order valence-corrected chi connectivity index (χ4v) is 3.08. The Bertz CT molecular complexity index is 840. The predicted molar refractivity (Wildman–Crippen MR) is 101 cm³/mol. The summed E-state index contributed by atoms with van der Waals surface area (Å²) in [4.78, 5) is 15.0. The van der Waals surface area contributed by atoms with Crippen LogP contribution in [0.1, 0.15) is 21.5 Å². The van der Waals surface area contributed by atoms with Gasteiger partial charge in [0.05, 0.1) is 27.0 Å². The SMILES string of the molecule is COc1ccc(C(=O)C2=Cc3cc(OC)c(OC)cc3CCN2C)cc1. The van der Waals surface area contributed by atoms with Gasteiger partial charge in [0, 0.05) is 19.2 Å². The second kappa shape index (κ2) is 7.52. The lowest BCUT2D eigenvalue weighted by Crippen LogP contribution is -2.24. The number of hydrogen-bond acceptors (Lipinski definition) is 5. The van der Waals surface area contributed by atoms with E-state index < -0.39 is 0 Å². The molecule has 1 aliphatic rings. The van der Waals surface area contributed by atoms with Crippen LogP contribution >= 0.6 is 0 Å². The number of allylic oxidation sites excluding steroid dienone is 1. The molecule has 0 amide bonds. The molecule has 5 nitrogen and oxygen atoms in total. The molecule has 0 bridgehead atoms. The van der Waals surface area contributed by atoms with E-state index in [0.29, 0.717) is 22.8 Å². The molecular weight excluding hydrogens is 330 g/mol. The summed E-state index contributed by atoms with van der Waals surface area (Å²) in [6.45, 7) is 0.746. The molecular formula is C21H23NO4. The first-order valence-corrected chi connectivity index (χ1v) is 8.44. The fraction of sp³-hybridized carbons (Fsp3) is 0.286. The molecule has 0 spiro atoms. The first kappa shape index (κ1) is 17.9. The molecule has 3 rings (SSSR count). The normalized spacial score (nSPS) is 13.4. The summed E-state index contributed by atoms with van der Waals surface area (Å²) in [5, 5.41) is 0. The number of ketones is 1. The van der Waals surface area contributed by atoms with Crippen molar-refractivity contribution in [2.75, 3.05) is 34.9 Å². The van der Waals surface area contributed by atoms with Crippen LogP contribution in [0.5, 0.6) is 17.2 Å². The summed E-state index contributed by atoms with van der Waals surface area (Å²) in [7, 11) is 6.78. The molecule has 136 valence electrons. The molecule has 2 aromatic carbocycles. The Hall–Kier alpha value is -2.95. The van der Waals surface area contributed by atoms with E-state index in [-0.39, 0.29) is 5.78 Å². The number of benzene rings is 2. The number of ether oxygens (including phenoxy) is 3. The number of methoxy groups -OCH3 is 3. The Kier molecular flexibility index (Phi) is 5.16. The topological polar surface area (TPSA) is 48.0 Å². The minimum absolute atomic E-state index is 0.0159. The van der Waals surface area contributed by atoms with Crippen LogP contribution in [0.4, 0.5) is 0 Å². The molecule has 1 heterocycles. The second-order valence-corrected chi connectivity index (χ2v) is 6.16. The lowest BCUT2D eigenvalue weighted by Gasteiger charge is -2.19. The van der Waals surface area contributed by atoms with E-state index in [1.54, 1.807) is 45.6 Å². The van der Waals surface area contributed by atoms with Crippen LogP contribution in [0.3, 0.4) is 0 Å². The van der Waals surface area contributed by atoms with Crippen LogP contribution in [0.2, 0.25) is 0 Å². The van der Waals surface area contributed by atoms with Gasteiger partial charge >= 0.3 is 0 Å². The number of Topliss-reactive ketones (excluding diaryl/α,β-unsaturated/α-hetero) is 1. The first-order chi connectivity index (χ1) is 12.6. The van der Waals surface area contributed by atoms with Gasteiger partial charge in [-0.2, -0.15) is 0 Å². The van der Waals surface area contributed by atoms with Crippen molar-refractivity contribution in [3.8, 4) is 17.2 Å². The van der Waals surface area contributed by atoms with Crippen molar-refractivity contribution in [3.63, 3.8) is 0 Å². The Morgan fingerprint density at radius 1 is 0.962 bits per heavy atom. The highest BCUT2D eigenvalue weighted by Crippen LogP contribution is 2.34. The maximum Gasteiger partial charge on any atom is 0.209 e. The van der Waals surface area contributed by atoms with Crippen molar-refractivity contribution in [1.29, 1.82) is 0 Å². The zero-order valence-corrected chi connectivity index (χ0v) is 15.5. The van der Waals surface area contributed by atoms with Crippen molar-refractivity contribution in [1.82, 2.24) is 4.90 Å². The maximum atomic E-state index is 13.0. The fourth-order valence-electron chi connectivity index (χ4n) is 3.08. The molecule has 0 N–H and O–H groups in total. The molecule has 0 radical (unpaired) electrons. The quantitative estimate of drug-likeness (QED) is 0.771. The Morgan fingerprint density at radius 3 is 2.23 bits per heavy atom. The van der Waals surface area contributed by atoms with Gasteiger partial charge in [0.2, 0.25) is 5.78 Å². The van der Waals surface area contributed by atoms with Gasteiger partial charge < -0.3 is 19.1 Å². The molecule has 0 saturated heterocycles. The molecule has 0 fully saturated rings. The van der Waals surface area contributed by atoms with Crippen LogP contribution in [0.15, 0.2) is 42.1 Å². The number of carbonyl (C=O) groups excluding carboxylic acids is 1. The van der Waals surface area contributed by atoms with Gasteiger partial charge in [-0.05, 0) is 60.0 Å². The highest BCUT2D eigenvalue weighted by atomic mass is 16.5. The molecule has 5 heteroatoms. The van der Waals surface area contributed by atoms with E-state index in [9.17, 15) is 4.79 Å². The highest BCUT2D eigenvalue weighted by molar-refractivity contribution is 6.11. The van der Waals surface area contributed by atoms with E-state index in [1.165, 1.54) is 0 Å². The molecule has 0 unspecified atom stereocenters.